The van der Waals surface area contributed by atoms with Gasteiger partial charge in [-0.2, -0.15) is 0 Å². The van der Waals surface area contributed by atoms with E-state index in [1.165, 1.54) is 27.3 Å². The second kappa shape index (κ2) is 7.77. The predicted octanol–water partition coefficient (Wildman–Crippen LogP) is 5.46. The molecule has 0 amide bonds. The smallest absolute Gasteiger partial charge is 0.0455 e. The van der Waals surface area contributed by atoms with Crippen LogP contribution in [-0.2, 0) is 6.42 Å². The van der Waals surface area contributed by atoms with Crippen LogP contribution >= 0.6 is 11.3 Å². The summed E-state index contributed by atoms with van der Waals surface area (Å²) in [6, 6.07) is 14.1. The maximum Gasteiger partial charge on any atom is 0.0455 e. The molecular formula is C19H27NS. The zero-order valence-electron chi connectivity index (χ0n) is 13.6. The fraction of sp³-hybridized carbons (Fsp3) is 0.474. The van der Waals surface area contributed by atoms with E-state index >= 15 is 0 Å². The summed E-state index contributed by atoms with van der Waals surface area (Å²) in [6.07, 6.45) is 2.24. The van der Waals surface area contributed by atoms with E-state index in [1.807, 2.05) is 11.3 Å². The molecule has 1 heterocycles. The van der Waals surface area contributed by atoms with Crippen molar-refractivity contribution >= 4 is 11.3 Å². The van der Waals surface area contributed by atoms with Gasteiger partial charge in [0.25, 0.3) is 0 Å². The molecule has 0 aliphatic rings. The van der Waals surface area contributed by atoms with E-state index in [-0.39, 0.29) is 0 Å². The Morgan fingerprint density at radius 3 is 2.29 bits per heavy atom. The molecule has 1 unspecified atom stereocenters. The summed E-state index contributed by atoms with van der Waals surface area (Å²) in [5, 5.41) is 3.70. The largest absolute Gasteiger partial charge is 0.309 e. The molecule has 2 aromatic rings. The fourth-order valence-corrected chi connectivity index (χ4v) is 3.46. The Hall–Kier alpha value is -1.12. The average Bonchev–Trinajstić information content (AvgIpc) is 2.90. The first kappa shape index (κ1) is 16.3. The summed E-state index contributed by atoms with van der Waals surface area (Å²) in [4.78, 5) is 2.84. The lowest BCUT2D eigenvalue weighted by Crippen LogP contribution is -2.23. The molecule has 0 radical (unpaired) electrons. The fourth-order valence-electron chi connectivity index (χ4n) is 2.51. The van der Waals surface area contributed by atoms with Crippen molar-refractivity contribution in [3.8, 4) is 0 Å². The van der Waals surface area contributed by atoms with Crippen molar-refractivity contribution in [1.29, 1.82) is 0 Å². The van der Waals surface area contributed by atoms with Gasteiger partial charge in [0.15, 0.2) is 0 Å². The normalized spacial score (nSPS) is 12.8. The molecule has 21 heavy (non-hydrogen) atoms. The summed E-state index contributed by atoms with van der Waals surface area (Å²) in [7, 11) is 0. The Balaban J connectivity index is 2.10. The van der Waals surface area contributed by atoms with Crippen LogP contribution in [0.5, 0.6) is 0 Å². The van der Waals surface area contributed by atoms with Gasteiger partial charge in [0.05, 0.1) is 0 Å². The van der Waals surface area contributed by atoms with Crippen molar-refractivity contribution in [2.24, 2.45) is 0 Å². The van der Waals surface area contributed by atoms with Crippen molar-refractivity contribution in [3.05, 3.63) is 57.3 Å². The van der Waals surface area contributed by atoms with E-state index in [9.17, 15) is 0 Å². The van der Waals surface area contributed by atoms with Crippen LogP contribution in [0.1, 0.15) is 60.0 Å². The van der Waals surface area contributed by atoms with Gasteiger partial charge in [-0.1, -0.05) is 45.0 Å². The molecule has 1 nitrogen and oxygen atoms in total. The lowest BCUT2D eigenvalue weighted by atomic mass is 9.98. The Morgan fingerprint density at radius 2 is 1.76 bits per heavy atom. The van der Waals surface area contributed by atoms with Crippen LogP contribution in [-0.4, -0.2) is 6.54 Å². The van der Waals surface area contributed by atoms with E-state index < -0.39 is 0 Å². The predicted molar refractivity (Wildman–Crippen MR) is 94.3 cm³/mol. The Morgan fingerprint density at radius 1 is 1.05 bits per heavy atom. The highest BCUT2D eigenvalue weighted by molar-refractivity contribution is 7.12. The molecule has 2 rings (SSSR count). The third kappa shape index (κ3) is 4.69. The molecular weight excluding hydrogens is 274 g/mol. The van der Waals surface area contributed by atoms with Crippen LogP contribution < -0.4 is 5.32 Å². The highest BCUT2D eigenvalue weighted by atomic mass is 32.1. The molecule has 0 saturated carbocycles. The van der Waals surface area contributed by atoms with Crippen molar-refractivity contribution in [2.75, 3.05) is 6.54 Å². The first-order valence-electron chi connectivity index (χ1n) is 7.98. The Kier molecular flexibility index (Phi) is 6.01. The number of aryl methyl sites for hydroxylation is 1. The number of hydrogen-bond donors (Lipinski definition) is 1. The van der Waals surface area contributed by atoms with Gasteiger partial charge in [-0.3, -0.25) is 0 Å². The van der Waals surface area contributed by atoms with Gasteiger partial charge in [-0.25, -0.2) is 0 Å². The van der Waals surface area contributed by atoms with Crippen molar-refractivity contribution in [2.45, 2.75) is 52.5 Å². The van der Waals surface area contributed by atoms with E-state index in [2.05, 4.69) is 69.4 Å². The molecule has 114 valence electrons. The topological polar surface area (TPSA) is 12.0 Å². The second-order valence-corrected chi connectivity index (χ2v) is 7.38. The zero-order valence-corrected chi connectivity index (χ0v) is 14.5. The lowest BCUT2D eigenvalue weighted by molar-refractivity contribution is 0.536. The van der Waals surface area contributed by atoms with Gasteiger partial charge in [-0.05, 0) is 55.5 Å². The number of rotatable bonds is 7. The van der Waals surface area contributed by atoms with E-state index in [0.717, 1.165) is 13.0 Å². The summed E-state index contributed by atoms with van der Waals surface area (Å²) in [5.74, 6) is 0.605. The zero-order chi connectivity index (χ0) is 15.2. The first-order chi connectivity index (χ1) is 10.1. The average molecular weight is 301 g/mol. The van der Waals surface area contributed by atoms with E-state index in [4.69, 9.17) is 0 Å². The molecule has 1 aromatic heterocycles. The molecule has 0 fully saturated rings. The highest BCUT2D eigenvalue weighted by Gasteiger charge is 2.13. The molecule has 0 saturated heterocycles. The number of benzene rings is 1. The molecule has 0 spiro atoms. The van der Waals surface area contributed by atoms with Crippen LogP contribution in [0.15, 0.2) is 36.4 Å². The van der Waals surface area contributed by atoms with E-state index in [1.54, 1.807) is 0 Å². The molecule has 2 heteroatoms. The van der Waals surface area contributed by atoms with Crippen molar-refractivity contribution in [3.63, 3.8) is 0 Å². The third-order valence-corrected chi connectivity index (χ3v) is 4.95. The van der Waals surface area contributed by atoms with Crippen LogP contribution in [0.4, 0.5) is 0 Å². The lowest BCUT2D eigenvalue weighted by Gasteiger charge is -2.18. The minimum atomic E-state index is 0.438. The van der Waals surface area contributed by atoms with E-state index in [0.29, 0.717) is 12.0 Å². The first-order valence-corrected chi connectivity index (χ1v) is 8.80. The molecule has 1 aromatic carbocycles. The molecule has 0 aliphatic heterocycles. The SMILES string of the molecule is CCCNC(Cc1ccc(C(C)C)cc1)c1ccc(C)s1. The summed E-state index contributed by atoms with van der Waals surface area (Å²) >= 11 is 1.91. The maximum atomic E-state index is 3.70. The van der Waals surface area contributed by atoms with Gasteiger partial charge in [-0.15, -0.1) is 11.3 Å². The molecule has 1 N–H and O–H groups in total. The van der Waals surface area contributed by atoms with Crippen molar-refractivity contribution in [1.82, 2.24) is 5.32 Å². The van der Waals surface area contributed by atoms with Gasteiger partial charge < -0.3 is 5.32 Å². The van der Waals surface area contributed by atoms with Crippen LogP contribution in [0.2, 0.25) is 0 Å². The van der Waals surface area contributed by atoms with Gasteiger partial charge in [0, 0.05) is 15.8 Å². The number of nitrogens with one attached hydrogen (secondary N) is 1. The Bertz CT molecular complexity index is 539. The standard InChI is InChI=1S/C19H27NS/c1-5-12-20-18(19-11-6-15(4)21-19)13-16-7-9-17(10-8-16)14(2)3/h6-11,14,18,20H,5,12-13H2,1-4H3. The van der Waals surface area contributed by atoms with Gasteiger partial charge >= 0.3 is 0 Å². The number of thiophene rings is 1. The quantitative estimate of drug-likeness (QED) is 0.715. The van der Waals surface area contributed by atoms with Crippen LogP contribution in [0.3, 0.4) is 0 Å². The summed E-state index contributed by atoms with van der Waals surface area (Å²) in [5.41, 5.74) is 2.84. The Labute approximate surface area is 133 Å². The minimum absolute atomic E-state index is 0.438. The third-order valence-electron chi connectivity index (χ3n) is 3.83. The second-order valence-electron chi connectivity index (χ2n) is 6.06. The molecule has 1 atom stereocenters. The summed E-state index contributed by atoms with van der Waals surface area (Å²) in [6.45, 7) is 9.97. The molecule has 0 aliphatic carbocycles. The monoisotopic (exact) mass is 301 g/mol. The van der Waals surface area contributed by atoms with Gasteiger partial charge in [0.1, 0.15) is 0 Å². The van der Waals surface area contributed by atoms with Crippen molar-refractivity contribution < 1.29 is 0 Å². The summed E-state index contributed by atoms with van der Waals surface area (Å²) < 4.78 is 0. The highest BCUT2D eigenvalue weighted by Crippen LogP contribution is 2.26. The minimum Gasteiger partial charge on any atom is -0.309 e. The van der Waals surface area contributed by atoms with Crippen LogP contribution in [0.25, 0.3) is 0 Å². The maximum absolute atomic E-state index is 3.70. The van der Waals surface area contributed by atoms with Crippen LogP contribution in [0, 0.1) is 6.92 Å². The van der Waals surface area contributed by atoms with Gasteiger partial charge in [0.2, 0.25) is 0 Å². The number of hydrogen-bond acceptors (Lipinski definition) is 2. The molecule has 0 bridgehead atoms.